The van der Waals surface area contributed by atoms with Crippen molar-refractivity contribution < 1.29 is 24.2 Å². The van der Waals surface area contributed by atoms with Gasteiger partial charge in [0, 0.05) is 12.3 Å². The van der Waals surface area contributed by atoms with Crippen LogP contribution in [0.2, 0.25) is 0 Å². The summed E-state index contributed by atoms with van der Waals surface area (Å²) in [6.45, 7) is 1.47. The average Bonchev–Trinajstić information content (AvgIpc) is 3.09. The van der Waals surface area contributed by atoms with Gasteiger partial charge in [-0.3, -0.25) is 4.79 Å². The Hall–Kier alpha value is -5.00. The zero-order valence-corrected chi connectivity index (χ0v) is 26.2. The van der Waals surface area contributed by atoms with Gasteiger partial charge in [-0.1, -0.05) is 103 Å². The van der Waals surface area contributed by atoms with Gasteiger partial charge in [0.05, 0.1) is 0 Å². The van der Waals surface area contributed by atoms with Crippen LogP contribution < -0.4 is 30.6 Å². The fraction of sp³-hybridized carbons (Fsp3) is 0.0513. The summed E-state index contributed by atoms with van der Waals surface area (Å²) in [7, 11) is -4.38. The molecule has 0 spiro atoms. The molecular formula is C39H31BO5P-. The van der Waals surface area contributed by atoms with E-state index in [9.17, 15) is 14.8 Å². The lowest BCUT2D eigenvalue weighted by molar-refractivity contribution is -0.372. The minimum Gasteiger partial charge on any atom is -0.860 e. The predicted octanol–water partition coefficient (Wildman–Crippen LogP) is 5.73. The van der Waals surface area contributed by atoms with Gasteiger partial charge in [0.25, 0.3) is 0 Å². The summed E-state index contributed by atoms with van der Waals surface area (Å²) in [6, 6.07) is 52.8. The number of hydrogen-bond acceptors (Lipinski definition) is 5. The van der Waals surface area contributed by atoms with Gasteiger partial charge in [-0.25, -0.2) is 0 Å². The molecule has 0 radical (unpaired) electrons. The number of hydrogen-bond donors (Lipinski definition) is 0. The average molecular weight is 621 g/mol. The molecule has 0 amide bonds. The van der Waals surface area contributed by atoms with Crippen molar-refractivity contribution in [1.29, 1.82) is 0 Å². The van der Waals surface area contributed by atoms with E-state index in [1.54, 1.807) is 12.1 Å². The van der Waals surface area contributed by atoms with Crippen molar-refractivity contribution >= 4 is 68.8 Å². The highest BCUT2D eigenvalue weighted by atomic mass is 31.2. The summed E-state index contributed by atoms with van der Waals surface area (Å²) in [6.07, 6.45) is 0.375. The molecule has 0 aliphatic rings. The third kappa shape index (κ3) is 6.51. The van der Waals surface area contributed by atoms with Crippen molar-refractivity contribution in [1.82, 2.24) is 0 Å². The Labute approximate surface area is 269 Å². The van der Waals surface area contributed by atoms with E-state index in [1.807, 2.05) is 91.0 Å². The van der Waals surface area contributed by atoms with Crippen LogP contribution in [-0.4, -0.2) is 19.6 Å². The van der Waals surface area contributed by atoms with Crippen LogP contribution in [0.25, 0.3) is 32.3 Å². The molecule has 0 saturated carbocycles. The maximum atomic E-state index is 11.6. The normalized spacial score (nSPS) is 11.1. The van der Waals surface area contributed by atoms with Gasteiger partial charge in [-0.05, 0) is 81.5 Å². The van der Waals surface area contributed by atoms with E-state index in [0.717, 1.165) is 32.3 Å². The van der Waals surface area contributed by atoms with Gasteiger partial charge < -0.3 is 19.4 Å². The molecule has 7 heteroatoms. The Bertz CT molecular complexity index is 1990. The summed E-state index contributed by atoms with van der Waals surface area (Å²) < 4.78 is 10.5. The smallest absolute Gasteiger partial charge is 0.305 e. The molecule has 7 aromatic rings. The zero-order chi connectivity index (χ0) is 31.9. The lowest BCUT2D eigenvalue weighted by Gasteiger charge is -2.27. The molecule has 0 bridgehead atoms. The fourth-order valence-corrected chi connectivity index (χ4v) is 9.64. The predicted molar refractivity (Wildman–Crippen MR) is 187 cm³/mol. The first-order valence-corrected chi connectivity index (χ1v) is 16.9. The Kier molecular flexibility index (Phi) is 9.42. The van der Waals surface area contributed by atoms with Crippen molar-refractivity contribution in [2.24, 2.45) is 0 Å². The molecule has 0 aliphatic heterocycles. The van der Waals surface area contributed by atoms with Gasteiger partial charge in [-0.2, -0.15) is 0 Å². The van der Waals surface area contributed by atoms with E-state index in [0.29, 0.717) is 12.1 Å². The Morgan fingerprint density at radius 3 is 1.59 bits per heavy atom. The van der Waals surface area contributed by atoms with Crippen LogP contribution in [0.15, 0.2) is 158 Å². The molecule has 226 valence electrons. The van der Waals surface area contributed by atoms with E-state index in [-0.39, 0.29) is 5.97 Å². The molecule has 0 aromatic heterocycles. The quantitative estimate of drug-likeness (QED) is 0.0747. The fourth-order valence-electron chi connectivity index (χ4n) is 5.87. The SMILES string of the molecule is CC(=O)OC[P+](c1ccccc1)(c1ccccc1)c1ccccc1.[O-]B([O-])Oc1cccc2ccc3cc4ccccc4cc3c12. The van der Waals surface area contributed by atoms with E-state index in [2.05, 4.69) is 54.6 Å². The molecule has 46 heavy (non-hydrogen) atoms. The molecule has 7 aromatic carbocycles. The number of fused-ring (bicyclic) bond motifs is 4. The molecule has 5 nitrogen and oxygen atoms in total. The third-order valence-electron chi connectivity index (χ3n) is 7.96. The third-order valence-corrected chi connectivity index (χ3v) is 12.0. The number of rotatable bonds is 7. The first-order chi connectivity index (χ1) is 22.5. The lowest BCUT2D eigenvalue weighted by atomic mass is 9.97. The number of ether oxygens (including phenoxy) is 1. The largest absolute Gasteiger partial charge is 0.860 e. The minimum atomic E-state index is -2.33. The van der Waals surface area contributed by atoms with Crippen molar-refractivity contribution in [3.63, 3.8) is 0 Å². The van der Waals surface area contributed by atoms with Crippen LogP contribution in [0, 0.1) is 0 Å². The van der Waals surface area contributed by atoms with Crippen LogP contribution in [-0.2, 0) is 9.53 Å². The van der Waals surface area contributed by atoms with Crippen LogP contribution in [0.3, 0.4) is 0 Å². The summed E-state index contributed by atoms with van der Waals surface area (Å²) in [5, 5.41) is 31.5. The minimum absolute atomic E-state index is 0.248. The Morgan fingerprint density at radius 1 is 0.587 bits per heavy atom. The summed E-state index contributed by atoms with van der Waals surface area (Å²) >= 11 is 0. The highest BCUT2D eigenvalue weighted by Gasteiger charge is 2.46. The van der Waals surface area contributed by atoms with Crippen molar-refractivity contribution in [3.05, 3.63) is 158 Å². The molecule has 0 fully saturated rings. The van der Waals surface area contributed by atoms with E-state index in [1.165, 1.54) is 22.8 Å². The molecule has 0 heterocycles. The van der Waals surface area contributed by atoms with Gasteiger partial charge >= 0.3 is 5.97 Å². The van der Waals surface area contributed by atoms with E-state index in [4.69, 9.17) is 9.39 Å². The standard InChI is InChI=1S/C21H20O2P.C18H11BO3/c1-18(22)23-17-24(19-11-5-2-6-12-19,20-13-7-3-8-14-20)21-15-9-4-10-16-21;20-19(21)22-17-7-3-6-12-8-9-15-10-13-4-1-2-5-14(13)11-16(15)18(12)17/h2-16H,17H2,1H3;1-11H/q+1;-2. The Morgan fingerprint density at radius 2 is 1.07 bits per heavy atom. The second-order valence-corrected chi connectivity index (χ2v) is 14.3. The molecule has 0 saturated heterocycles. The Balaban J connectivity index is 0.000000162. The first kappa shape index (κ1) is 31.0. The summed E-state index contributed by atoms with van der Waals surface area (Å²) in [5.74, 6) is 0.0931. The van der Waals surface area contributed by atoms with Crippen LogP contribution in [0.1, 0.15) is 6.92 Å². The number of carbonyl (C=O) groups excluding carboxylic acids is 1. The maximum Gasteiger partial charge on any atom is 0.305 e. The monoisotopic (exact) mass is 621 g/mol. The van der Waals surface area contributed by atoms with Crippen molar-refractivity contribution in [3.8, 4) is 5.75 Å². The summed E-state index contributed by atoms with van der Waals surface area (Å²) in [4.78, 5) is 11.6. The van der Waals surface area contributed by atoms with E-state index >= 15 is 0 Å². The van der Waals surface area contributed by atoms with E-state index < -0.39 is 14.6 Å². The molecular weight excluding hydrogens is 590 g/mol. The number of carbonyl (C=O) groups is 1. The zero-order valence-electron chi connectivity index (χ0n) is 25.3. The molecule has 0 unspecified atom stereocenters. The van der Waals surface area contributed by atoms with Crippen molar-refractivity contribution in [2.75, 3.05) is 6.35 Å². The molecule has 0 N–H and O–H groups in total. The van der Waals surface area contributed by atoms with Crippen LogP contribution >= 0.6 is 7.26 Å². The molecule has 0 aliphatic carbocycles. The molecule has 7 rings (SSSR count). The van der Waals surface area contributed by atoms with Crippen molar-refractivity contribution in [2.45, 2.75) is 6.92 Å². The lowest BCUT2D eigenvalue weighted by Crippen LogP contribution is -2.50. The number of esters is 1. The number of benzene rings is 7. The summed E-state index contributed by atoms with van der Waals surface area (Å²) in [5.41, 5.74) is 0. The van der Waals surface area contributed by atoms with Gasteiger partial charge in [0.15, 0.2) is 7.26 Å². The topological polar surface area (TPSA) is 81.7 Å². The second-order valence-electron chi connectivity index (χ2n) is 10.8. The van der Waals surface area contributed by atoms with Gasteiger partial charge in [-0.15, -0.1) is 0 Å². The van der Waals surface area contributed by atoms with Crippen LogP contribution in [0.5, 0.6) is 5.75 Å². The van der Waals surface area contributed by atoms with Gasteiger partial charge in [0.1, 0.15) is 29.0 Å². The highest BCUT2D eigenvalue weighted by molar-refractivity contribution is 7.95. The van der Waals surface area contributed by atoms with Gasteiger partial charge in [0.2, 0.25) is 6.35 Å². The van der Waals surface area contributed by atoms with Crippen LogP contribution in [0.4, 0.5) is 0 Å². The maximum absolute atomic E-state index is 11.6. The molecule has 0 atom stereocenters. The highest BCUT2D eigenvalue weighted by Crippen LogP contribution is 2.55. The second kappa shape index (κ2) is 14.0. The first-order valence-electron chi connectivity index (χ1n) is 15.0.